The van der Waals surface area contributed by atoms with Crippen LogP contribution in [0.4, 0.5) is 13.2 Å². The Labute approximate surface area is 105 Å². The fraction of sp³-hybridized carbons (Fsp3) is 1.00. The SMILES string of the molecule is CCCCCCCCCCC(Br)C(F)(F)F. The molecule has 16 heavy (non-hydrogen) atoms. The van der Waals surface area contributed by atoms with Crippen LogP contribution in [-0.4, -0.2) is 11.0 Å². The zero-order valence-electron chi connectivity index (χ0n) is 9.95. The van der Waals surface area contributed by atoms with Crippen LogP contribution in [0.25, 0.3) is 0 Å². The first kappa shape index (κ1) is 16.3. The van der Waals surface area contributed by atoms with E-state index in [0.29, 0.717) is 6.42 Å². The molecule has 0 radical (unpaired) electrons. The molecule has 0 aliphatic heterocycles. The highest BCUT2D eigenvalue weighted by molar-refractivity contribution is 9.09. The van der Waals surface area contributed by atoms with Gasteiger partial charge in [0.25, 0.3) is 0 Å². The maximum absolute atomic E-state index is 12.1. The molecule has 0 heterocycles. The molecule has 0 bridgehead atoms. The third kappa shape index (κ3) is 9.49. The number of hydrogen-bond acceptors (Lipinski definition) is 0. The second-order valence-electron chi connectivity index (χ2n) is 4.27. The van der Waals surface area contributed by atoms with E-state index < -0.39 is 11.0 Å². The molecule has 0 amide bonds. The first-order valence-electron chi connectivity index (χ1n) is 6.19. The van der Waals surface area contributed by atoms with Gasteiger partial charge in [0.15, 0.2) is 0 Å². The van der Waals surface area contributed by atoms with Crippen molar-refractivity contribution in [2.24, 2.45) is 0 Å². The zero-order valence-corrected chi connectivity index (χ0v) is 11.5. The van der Waals surface area contributed by atoms with Crippen molar-refractivity contribution >= 4 is 15.9 Å². The molecule has 0 spiro atoms. The van der Waals surface area contributed by atoms with Gasteiger partial charge in [-0.25, -0.2) is 0 Å². The largest absolute Gasteiger partial charge is 0.401 e. The predicted molar refractivity (Wildman–Crippen MR) is 66.0 cm³/mol. The van der Waals surface area contributed by atoms with E-state index in [-0.39, 0.29) is 6.42 Å². The second kappa shape index (κ2) is 9.32. The summed E-state index contributed by atoms with van der Waals surface area (Å²) >= 11 is 2.68. The molecule has 1 unspecified atom stereocenters. The molecule has 0 nitrogen and oxygen atoms in total. The quantitative estimate of drug-likeness (QED) is 0.370. The van der Waals surface area contributed by atoms with E-state index in [0.717, 1.165) is 12.8 Å². The van der Waals surface area contributed by atoms with Crippen molar-refractivity contribution < 1.29 is 13.2 Å². The smallest absolute Gasteiger partial charge is 0.170 e. The van der Waals surface area contributed by atoms with Crippen LogP contribution in [0.1, 0.15) is 64.7 Å². The van der Waals surface area contributed by atoms with Crippen LogP contribution in [0.5, 0.6) is 0 Å². The molecule has 1 atom stereocenters. The van der Waals surface area contributed by atoms with Crippen LogP contribution in [0.3, 0.4) is 0 Å². The second-order valence-corrected chi connectivity index (χ2v) is 5.38. The Balaban J connectivity index is 3.21. The van der Waals surface area contributed by atoms with Crippen LogP contribution in [0.15, 0.2) is 0 Å². The van der Waals surface area contributed by atoms with Crippen molar-refractivity contribution in [3.8, 4) is 0 Å². The zero-order chi connectivity index (χ0) is 12.4. The van der Waals surface area contributed by atoms with Crippen molar-refractivity contribution in [3.63, 3.8) is 0 Å². The van der Waals surface area contributed by atoms with Crippen molar-refractivity contribution in [2.75, 3.05) is 0 Å². The number of alkyl halides is 4. The van der Waals surface area contributed by atoms with Crippen molar-refractivity contribution in [1.82, 2.24) is 0 Å². The van der Waals surface area contributed by atoms with Crippen LogP contribution >= 0.6 is 15.9 Å². The van der Waals surface area contributed by atoms with Gasteiger partial charge in [0.2, 0.25) is 0 Å². The third-order valence-corrected chi connectivity index (χ3v) is 3.64. The van der Waals surface area contributed by atoms with Crippen molar-refractivity contribution in [3.05, 3.63) is 0 Å². The maximum Gasteiger partial charge on any atom is 0.401 e. The molecule has 0 rings (SSSR count). The van der Waals surface area contributed by atoms with Crippen LogP contribution in [0, 0.1) is 0 Å². The molecule has 0 aliphatic carbocycles. The molecule has 0 N–H and O–H groups in total. The average molecular weight is 303 g/mol. The van der Waals surface area contributed by atoms with E-state index in [9.17, 15) is 13.2 Å². The lowest BCUT2D eigenvalue weighted by Gasteiger charge is -2.13. The van der Waals surface area contributed by atoms with E-state index in [1.165, 1.54) is 32.1 Å². The fourth-order valence-electron chi connectivity index (χ4n) is 1.62. The third-order valence-electron chi connectivity index (χ3n) is 2.67. The summed E-state index contributed by atoms with van der Waals surface area (Å²) in [5.41, 5.74) is 0. The van der Waals surface area contributed by atoms with Gasteiger partial charge < -0.3 is 0 Å². The van der Waals surface area contributed by atoms with Gasteiger partial charge in [-0.1, -0.05) is 74.2 Å². The Morgan fingerprint density at radius 1 is 0.875 bits per heavy atom. The Hall–Kier alpha value is 0.270. The summed E-state index contributed by atoms with van der Waals surface area (Å²) in [7, 11) is 0. The molecule has 4 heteroatoms. The highest BCUT2D eigenvalue weighted by atomic mass is 79.9. The summed E-state index contributed by atoms with van der Waals surface area (Å²) in [5, 5.41) is 0. The minimum atomic E-state index is -4.08. The normalized spacial score (nSPS) is 14.1. The molecule has 0 aromatic carbocycles. The van der Waals surface area contributed by atoms with E-state index in [2.05, 4.69) is 22.9 Å². The van der Waals surface area contributed by atoms with Crippen molar-refractivity contribution in [1.29, 1.82) is 0 Å². The summed E-state index contributed by atoms with van der Waals surface area (Å²) in [4.78, 5) is -1.32. The van der Waals surface area contributed by atoms with Gasteiger partial charge in [-0.05, 0) is 6.42 Å². The molecule has 0 saturated carbocycles. The lowest BCUT2D eigenvalue weighted by atomic mass is 10.1. The fourth-order valence-corrected chi connectivity index (χ4v) is 1.94. The molecular formula is C12H22BrF3. The molecule has 0 saturated heterocycles. The lowest BCUT2D eigenvalue weighted by Crippen LogP contribution is -2.22. The highest BCUT2D eigenvalue weighted by Crippen LogP contribution is 2.30. The van der Waals surface area contributed by atoms with E-state index >= 15 is 0 Å². The Morgan fingerprint density at radius 3 is 1.75 bits per heavy atom. The van der Waals surface area contributed by atoms with Gasteiger partial charge in [0.1, 0.15) is 4.83 Å². The molecule has 0 fully saturated rings. The lowest BCUT2D eigenvalue weighted by molar-refractivity contribution is -0.128. The molecule has 0 aromatic rings. The standard InChI is InChI=1S/C12H22BrF3/c1-2-3-4-5-6-7-8-9-10-11(13)12(14,15)16/h11H,2-10H2,1H3. The summed E-state index contributed by atoms with van der Waals surface area (Å²) in [6.07, 6.45) is 4.95. The minimum Gasteiger partial charge on any atom is -0.170 e. The summed E-state index contributed by atoms with van der Waals surface area (Å²) < 4.78 is 36.4. The van der Waals surface area contributed by atoms with Crippen LogP contribution in [-0.2, 0) is 0 Å². The van der Waals surface area contributed by atoms with E-state index in [4.69, 9.17) is 0 Å². The Morgan fingerprint density at radius 2 is 1.31 bits per heavy atom. The summed E-state index contributed by atoms with van der Waals surface area (Å²) in [6.45, 7) is 2.17. The maximum atomic E-state index is 12.1. The van der Waals surface area contributed by atoms with Crippen LogP contribution in [0.2, 0.25) is 0 Å². The monoisotopic (exact) mass is 302 g/mol. The molecule has 0 aliphatic rings. The number of halogens is 4. The minimum absolute atomic E-state index is 0.207. The van der Waals surface area contributed by atoms with Gasteiger partial charge in [0, 0.05) is 0 Å². The van der Waals surface area contributed by atoms with E-state index in [1.807, 2.05) is 0 Å². The van der Waals surface area contributed by atoms with Crippen LogP contribution < -0.4 is 0 Å². The topological polar surface area (TPSA) is 0 Å². The number of hydrogen-bond donors (Lipinski definition) is 0. The number of unbranched alkanes of at least 4 members (excludes halogenated alkanes) is 7. The predicted octanol–water partition coefficient (Wildman–Crippen LogP) is 5.84. The van der Waals surface area contributed by atoms with Gasteiger partial charge in [-0.3, -0.25) is 0 Å². The van der Waals surface area contributed by atoms with Gasteiger partial charge in [-0.15, -0.1) is 0 Å². The summed E-state index contributed by atoms with van der Waals surface area (Å²) in [6, 6.07) is 0. The Kier molecular flexibility index (Phi) is 9.47. The summed E-state index contributed by atoms with van der Waals surface area (Å²) in [5.74, 6) is 0. The van der Waals surface area contributed by atoms with Gasteiger partial charge >= 0.3 is 6.18 Å². The Bertz CT molecular complexity index is 157. The molecular weight excluding hydrogens is 281 g/mol. The first-order chi connectivity index (χ1) is 7.48. The average Bonchev–Trinajstić information content (AvgIpc) is 2.20. The van der Waals surface area contributed by atoms with Crippen molar-refractivity contribution in [2.45, 2.75) is 75.7 Å². The molecule has 98 valence electrons. The van der Waals surface area contributed by atoms with E-state index in [1.54, 1.807) is 0 Å². The van der Waals surface area contributed by atoms with Gasteiger partial charge in [0.05, 0.1) is 0 Å². The molecule has 0 aromatic heterocycles. The van der Waals surface area contributed by atoms with Gasteiger partial charge in [-0.2, -0.15) is 13.2 Å². The number of rotatable bonds is 9. The first-order valence-corrected chi connectivity index (χ1v) is 7.10. The highest BCUT2D eigenvalue weighted by Gasteiger charge is 2.36.